The van der Waals surface area contributed by atoms with E-state index in [1.807, 2.05) is 57.8 Å². The summed E-state index contributed by atoms with van der Waals surface area (Å²) in [5, 5.41) is 3.83. The molecule has 0 aliphatic carbocycles. The second-order valence-electron chi connectivity index (χ2n) is 11.8. The van der Waals surface area contributed by atoms with Gasteiger partial charge in [0.25, 0.3) is 5.91 Å². The van der Waals surface area contributed by atoms with Crippen LogP contribution in [0.3, 0.4) is 0 Å². The van der Waals surface area contributed by atoms with Crippen molar-refractivity contribution in [2.24, 2.45) is 0 Å². The van der Waals surface area contributed by atoms with Crippen LogP contribution in [0.4, 0.5) is 27.9 Å². The van der Waals surface area contributed by atoms with Gasteiger partial charge in [-0.15, -0.1) is 0 Å². The van der Waals surface area contributed by atoms with Crippen LogP contribution in [0.25, 0.3) is 0 Å². The molecule has 0 saturated carbocycles. The molecule has 1 aromatic heterocycles. The fraction of sp³-hybridized carbons (Fsp3) is 0.419. The lowest BCUT2D eigenvalue weighted by atomic mass is 9.87. The lowest BCUT2D eigenvalue weighted by Gasteiger charge is -2.35. The molecule has 0 atom stereocenters. The van der Waals surface area contributed by atoms with E-state index in [0.29, 0.717) is 53.7 Å². The first-order valence-corrected chi connectivity index (χ1v) is 14.3. The highest BCUT2D eigenvalue weighted by atomic mass is 35.5. The average molecular weight is 577 g/mol. The third kappa shape index (κ3) is 6.10. The van der Waals surface area contributed by atoms with E-state index in [-0.39, 0.29) is 12.0 Å². The SMILES string of the molecule is Cc1cc(Nc2ncc3c(n2)N(C)CN(c2c(C)cccc2Cl)C3=O)ccc1C1CCN(C(=O)OC(C)(C)C)CC1. The largest absolute Gasteiger partial charge is 0.444 e. The van der Waals surface area contributed by atoms with E-state index in [1.54, 1.807) is 22.1 Å². The maximum absolute atomic E-state index is 13.4. The van der Waals surface area contributed by atoms with Crippen LogP contribution < -0.4 is 15.1 Å². The number of benzene rings is 2. The molecule has 1 saturated heterocycles. The number of ether oxygens (including phenoxy) is 1. The summed E-state index contributed by atoms with van der Waals surface area (Å²) in [6.07, 6.45) is 3.12. The fourth-order valence-electron chi connectivity index (χ4n) is 5.54. The van der Waals surface area contributed by atoms with E-state index in [0.717, 1.165) is 24.1 Å². The zero-order chi connectivity index (χ0) is 29.5. The monoisotopic (exact) mass is 576 g/mol. The van der Waals surface area contributed by atoms with Gasteiger partial charge in [0.15, 0.2) is 0 Å². The highest BCUT2D eigenvalue weighted by molar-refractivity contribution is 6.34. The van der Waals surface area contributed by atoms with E-state index in [9.17, 15) is 9.59 Å². The van der Waals surface area contributed by atoms with Crippen molar-refractivity contribution in [3.63, 3.8) is 0 Å². The average Bonchev–Trinajstić information content (AvgIpc) is 2.90. The molecule has 5 rings (SSSR count). The number of aryl methyl sites for hydroxylation is 2. The Morgan fingerprint density at radius 3 is 2.49 bits per heavy atom. The summed E-state index contributed by atoms with van der Waals surface area (Å²) >= 11 is 6.46. The first kappa shape index (κ1) is 28.7. The van der Waals surface area contributed by atoms with Gasteiger partial charge in [0.1, 0.15) is 17.0 Å². The number of carbonyl (C=O) groups excluding carboxylic acids is 2. The van der Waals surface area contributed by atoms with Gasteiger partial charge in [-0.1, -0.05) is 29.8 Å². The fourth-order valence-corrected chi connectivity index (χ4v) is 5.86. The van der Waals surface area contributed by atoms with Gasteiger partial charge in [-0.3, -0.25) is 9.69 Å². The molecule has 3 heterocycles. The van der Waals surface area contributed by atoms with Crippen LogP contribution in [0, 0.1) is 13.8 Å². The highest BCUT2D eigenvalue weighted by Gasteiger charge is 2.32. The number of fused-ring (bicyclic) bond motifs is 1. The predicted octanol–water partition coefficient (Wildman–Crippen LogP) is 6.66. The Morgan fingerprint density at radius 1 is 1.10 bits per heavy atom. The third-order valence-corrected chi connectivity index (χ3v) is 7.84. The minimum Gasteiger partial charge on any atom is -0.444 e. The van der Waals surface area contributed by atoms with Crippen molar-refractivity contribution in [2.75, 3.05) is 41.9 Å². The van der Waals surface area contributed by atoms with Gasteiger partial charge in [-0.25, -0.2) is 9.78 Å². The molecule has 2 amide bonds. The van der Waals surface area contributed by atoms with Crippen LogP contribution in [-0.2, 0) is 4.74 Å². The summed E-state index contributed by atoms with van der Waals surface area (Å²) in [7, 11) is 1.90. The quantitative estimate of drug-likeness (QED) is 0.371. The van der Waals surface area contributed by atoms with Gasteiger partial charge in [0.05, 0.1) is 17.4 Å². The number of rotatable bonds is 4. The molecule has 2 aromatic carbocycles. The smallest absolute Gasteiger partial charge is 0.410 e. The number of halogens is 1. The predicted molar refractivity (Wildman–Crippen MR) is 163 cm³/mol. The van der Waals surface area contributed by atoms with Gasteiger partial charge in [0, 0.05) is 32.0 Å². The Hall–Kier alpha value is -3.85. The number of hydrogen-bond donors (Lipinski definition) is 1. The minimum atomic E-state index is -0.490. The van der Waals surface area contributed by atoms with E-state index < -0.39 is 5.60 Å². The maximum Gasteiger partial charge on any atom is 0.410 e. The zero-order valence-corrected chi connectivity index (χ0v) is 25.2. The number of likely N-dealkylation sites (tertiary alicyclic amines) is 1. The first-order valence-electron chi connectivity index (χ1n) is 13.9. The number of amides is 2. The van der Waals surface area contributed by atoms with E-state index in [2.05, 4.69) is 34.3 Å². The summed E-state index contributed by atoms with van der Waals surface area (Å²) in [5.74, 6) is 1.19. The summed E-state index contributed by atoms with van der Waals surface area (Å²) < 4.78 is 5.53. The standard InChI is InChI=1S/C31H37ClN6O3/c1-19-8-7-9-25(32)26(19)38-18-36(6)27-24(28(38)39)17-33-29(35-27)34-22-10-11-23(20(2)16-22)21-12-14-37(15-13-21)30(40)41-31(3,4)5/h7-11,16-17,21H,12-15,18H2,1-6H3,(H,33,34,35). The summed E-state index contributed by atoms with van der Waals surface area (Å²) in [4.78, 5) is 40.4. The number of nitrogens with zero attached hydrogens (tertiary/aromatic N) is 5. The number of anilines is 4. The minimum absolute atomic E-state index is 0.182. The molecule has 0 radical (unpaired) electrons. The number of hydrogen-bond acceptors (Lipinski definition) is 7. The molecule has 0 spiro atoms. The molecular formula is C31H37ClN6O3. The molecule has 0 unspecified atom stereocenters. The first-order chi connectivity index (χ1) is 19.4. The van der Waals surface area contributed by atoms with Gasteiger partial charge in [0.2, 0.25) is 5.95 Å². The van der Waals surface area contributed by atoms with Crippen molar-refractivity contribution in [3.05, 3.63) is 69.9 Å². The molecule has 1 fully saturated rings. The van der Waals surface area contributed by atoms with Crippen molar-refractivity contribution in [2.45, 2.75) is 59.0 Å². The number of piperidine rings is 1. The number of para-hydroxylation sites is 1. The zero-order valence-electron chi connectivity index (χ0n) is 24.5. The van der Waals surface area contributed by atoms with Crippen molar-refractivity contribution in [1.82, 2.24) is 14.9 Å². The number of aromatic nitrogens is 2. The molecular weight excluding hydrogens is 540 g/mol. The molecule has 2 aliphatic rings. The van der Waals surface area contributed by atoms with E-state index in [1.165, 1.54) is 11.1 Å². The Kier molecular flexibility index (Phi) is 7.83. The topological polar surface area (TPSA) is 90.9 Å². The molecule has 41 heavy (non-hydrogen) atoms. The van der Waals surface area contributed by atoms with Gasteiger partial charge in [-0.05, 0) is 88.3 Å². The van der Waals surface area contributed by atoms with Gasteiger partial charge < -0.3 is 19.9 Å². The Bertz CT molecular complexity index is 1460. The van der Waals surface area contributed by atoms with Crippen molar-refractivity contribution >= 4 is 46.7 Å². The molecule has 0 bridgehead atoms. The summed E-state index contributed by atoms with van der Waals surface area (Å²) in [5.41, 5.74) is 4.88. The van der Waals surface area contributed by atoms with Crippen LogP contribution in [0.1, 0.15) is 66.6 Å². The van der Waals surface area contributed by atoms with Gasteiger partial charge >= 0.3 is 6.09 Å². The summed E-state index contributed by atoms with van der Waals surface area (Å²) in [6.45, 7) is 11.4. The van der Waals surface area contributed by atoms with Crippen molar-refractivity contribution in [3.8, 4) is 0 Å². The number of nitrogens with one attached hydrogen (secondary N) is 1. The normalized spacial score (nSPS) is 16.1. The van der Waals surface area contributed by atoms with Crippen molar-refractivity contribution in [1.29, 1.82) is 0 Å². The Morgan fingerprint density at radius 2 is 1.83 bits per heavy atom. The molecule has 1 N–H and O–H groups in total. The van der Waals surface area contributed by atoms with Crippen LogP contribution in [0.5, 0.6) is 0 Å². The van der Waals surface area contributed by atoms with E-state index >= 15 is 0 Å². The lowest BCUT2D eigenvalue weighted by Crippen LogP contribution is -2.46. The van der Waals surface area contributed by atoms with Crippen LogP contribution in [-0.4, -0.2) is 59.3 Å². The molecule has 216 valence electrons. The Balaban J connectivity index is 1.27. The van der Waals surface area contributed by atoms with Crippen LogP contribution in [0.2, 0.25) is 5.02 Å². The van der Waals surface area contributed by atoms with Crippen molar-refractivity contribution < 1.29 is 14.3 Å². The molecule has 3 aromatic rings. The second-order valence-corrected chi connectivity index (χ2v) is 12.3. The summed E-state index contributed by atoms with van der Waals surface area (Å²) in [6, 6.07) is 11.9. The number of carbonyl (C=O) groups is 2. The maximum atomic E-state index is 13.4. The molecule has 10 heteroatoms. The second kappa shape index (κ2) is 11.2. The Labute approximate surface area is 246 Å². The van der Waals surface area contributed by atoms with Crippen LogP contribution >= 0.6 is 11.6 Å². The van der Waals surface area contributed by atoms with Gasteiger partial charge in [-0.2, -0.15) is 4.98 Å². The van der Waals surface area contributed by atoms with Crippen LogP contribution in [0.15, 0.2) is 42.6 Å². The molecule has 9 nitrogen and oxygen atoms in total. The third-order valence-electron chi connectivity index (χ3n) is 7.53. The molecule has 2 aliphatic heterocycles. The van der Waals surface area contributed by atoms with E-state index in [4.69, 9.17) is 16.3 Å². The highest BCUT2D eigenvalue weighted by Crippen LogP contribution is 2.36. The lowest BCUT2D eigenvalue weighted by molar-refractivity contribution is 0.0204.